The third-order valence-corrected chi connectivity index (χ3v) is 11.8. The maximum Gasteiger partial charge on any atom is 0.338 e. The van der Waals surface area contributed by atoms with Crippen LogP contribution >= 0.6 is 0 Å². The summed E-state index contributed by atoms with van der Waals surface area (Å²) in [6.07, 6.45) is 3.34. The number of hydrogen-bond acceptors (Lipinski definition) is 5. The maximum absolute atomic E-state index is 13.4. The van der Waals surface area contributed by atoms with Gasteiger partial charge in [0.1, 0.15) is 6.10 Å². The molecule has 1 aromatic rings. The number of esters is 1. The van der Waals surface area contributed by atoms with Gasteiger partial charge in [-0.1, -0.05) is 38.6 Å². The minimum Gasteiger partial charge on any atom is -0.458 e. The summed E-state index contributed by atoms with van der Waals surface area (Å²) in [5.74, 6) is 0.735. The van der Waals surface area contributed by atoms with Gasteiger partial charge in [0.25, 0.3) is 0 Å². The summed E-state index contributed by atoms with van der Waals surface area (Å²) in [4.78, 5) is 16.0. The Morgan fingerprint density at radius 1 is 1.21 bits per heavy atom. The fraction of sp³-hybridized carbons (Fsp3) is 0.690. The highest BCUT2D eigenvalue weighted by Crippen LogP contribution is 2.83. The lowest BCUT2D eigenvalue weighted by Gasteiger charge is -2.65. The van der Waals surface area contributed by atoms with E-state index in [1.54, 1.807) is 0 Å². The van der Waals surface area contributed by atoms with Crippen LogP contribution in [-0.2, 0) is 4.74 Å². The van der Waals surface area contributed by atoms with Gasteiger partial charge in [-0.05, 0) is 79.5 Å². The van der Waals surface area contributed by atoms with E-state index in [2.05, 4.69) is 25.3 Å². The number of nitrogens with zero attached hydrogens (tertiary/aromatic N) is 1. The highest BCUT2D eigenvalue weighted by Gasteiger charge is 2.85. The molecular formula is C29H37NO4. The number of rotatable bonds is 3. The lowest BCUT2D eigenvalue weighted by atomic mass is 9.43. The molecule has 7 rings (SSSR count). The summed E-state index contributed by atoms with van der Waals surface area (Å²) in [6, 6.07) is 9.64. The fourth-order valence-corrected chi connectivity index (χ4v) is 10.9. The third kappa shape index (κ3) is 2.22. The van der Waals surface area contributed by atoms with Gasteiger partial charge in [0.15, 0.2) is 0 Å². The first-order chi connectivity index (χ1) is 16.3. The van der Waals surface area contributed by atoms with Crippen molar-refractivity contribution in [1.82, 2.24) is 4.90 Å². The Kier molecular flexibility index (Phi) is 4.28. The number of carbonyl (C=O) groups is 1. The van der Waals surface area contributed by atoms with E-state index in [9.17, 15) is 15.0 Å². The van der Waals surface area contributed by atoms with Gasteiger partial charge in [-0.3, -0.25) is 4.90 Å². The lowest BCUT2D eigenvalue weighted by molar-refractivity contribution is -0.218. The van der Waals surface area contributed by atoms with Crippen molar-refractivity contribution < 1.29 is 19.7 Å². The first kappa shape index (κ1) is 21.6. The average Bonchev–Trinajstić information content (AvgIpc) is 3.36. The summed E-state index contributed by atoms with van der Waals surface area (Å²) in [5.41, 5.74) is 1.17. The quantitative estimate of drug-likeness (QED) is 0.529. The van der Waals surface area contributed by atoms with Gasteiger partial charge in [-0.2, -0.15) is 0 Å². The molecule has 182 valence electrons. The molecule has 34 heavy (non-hydrogen) atoms. The summed E-state index contributed by atoms with van der Waals surface area (Å²) in [6.45, 7) is 11.0. The monoisotopic (exact) mass is 463 g/mol. The fourth-order valence-electron chi connectivity index (χ4n) is 10.9. The van der Waals surface area contributed by atoms with Crippen molar-refractivity contribution in [3.8, 4) is 0 Å². The van der Waals surface area contributed by atoms with E-state index in [0.29, 0.717) is 29.9 Å². The van der Waals surface area contributed by atoms with Crippen LogP contribution in [0.3, 0.4) is 0 Å². The van der Waals surface area contributed by atoms with E-state index in [0.717, 1.165) is 44.3 Å². The van der Waals surface area contributed by atoms with Crippen molar-refractivity contribution in [3.05, 3.63) is 48.0 Å². The van der Waals surface area contributed by atoms with Crippen molar-refractivity contribution in [2.24, 2.45) is 39.9 Å². The first-order valence-electron chi connectivity index (χ1n) is 13.3. The molecule has 0 aromatic heterocycles. The molecular weight excluding hydrogens is 426 g/mol. The number of benzene rings is 1. The smallest absolute Gasteiger partial charge is 0.338 e. The molecule has 1 heterocycles. The summed E-state index contributed by atoms with van der Waals surface area (Å²) in [5, 5.41) is 23.0. The Balaban J connectivity index is 1.39. The van der Waals surface area contributed by atoms with E-state index in [1.165, 1.54) is 0 Å². The highest BCUT2D eigenvalue weighted by molar-refractivity contribution is 5.89. The van der Waals surface area contributed by atoms with Gasteiger partial charge in [0.2, 0.25) is 0 Å². The van der Waals surface area contributed by atoms with Gasteiger partial charge in [0.05, 0.1) is 17.8 Å². The maximum atomic E-state index is 13.4. The predicted octanol–water partition coefficient (Wildman–Crippen LogP) is 3.66. The zero-order valence-electron chi connectivity index (χ0n) is 20.3. The first-order valence-corrected chi connectivity index (χ1v) is 13.3. The van der Waals surface area contributed by atoms with Crippen molar-refractivity contribution in [1.29, 1.82) is 0 Å². The summed E-state index contributed by atoms with van der Waals surface area (Å²) in [7, 11) is 0. The van der Waals surface area contributed by atoms with Crippen LogP contribution in [0.4, 0.5) is 0 Å². The number of ether oxygens (including phenoxy) is 1. The molecule has 5 heteroatoms. The van der Waals surface area contributed by atoms with Gasteiger partial charge in [0, 0.05) is 29.3 Å². The van der Waals surface area contributed by atoms with Crippen LogP contribution in [0, 0.1) is 39.9 Å². The molecule has 5 aliphatic carbocycles. The second-order valence-corrected chi connectivity index (χ2v) is 12.6. The molecule has 1 saturated heterocycles. The third-order valence-electron chi connectivity index (χ3n) is 11.8. The Bertz CT molecular complexity index is 1060. The molecule has 1 aliphatic heterocycles. The summed E-state index contributed by atoms with van der Waals surface area (Å²) < 4.78 is 6.50. The number of piperidine rings is 1. The molecule has 6 aliphatic rings. The zero-order valence-corrected chi connectivity index (χ0v) is 20.3. The molecule has 7 bridgehead atoms. The molecule has 6 fully saturated rings. The Labute approximate surface area is 202 Å². The number of hydrogen-bond donors (Lipinski definition) is 2. The van der Waals surface area contributed by atoms with Crippen LogP contribution < -0.4 is 0 Å². The SMILES string of the molecule is C=C1C2CC3(C1O)C1CC4C5(C)CCC(OC(=O)c6ccccc6)C4(C1N(CC)C5)C3CC2O. The second-order valence-electron chi connectivity index (χ2n) is 12.6. The van der Waals surface area contributed by atoms with Crippen molar-refractivity contribution in [2.75, 3.05) is 13.1 Å². The number of likely N-dealkylation sites (tertiary alicyclic amines) is 1. The minimum absolute atomic E-state index is 0.00257. The summed E-state index contributed by atoms with van der Waals surface area (Å²) >= 11 is 0. The van der Waals surface area contributed by atoms with E-state index >= 15 is 0 Å². The molecule has 11 atom stereocenters. The zero-order chi connectivity index (χ0) is 23.6. The largest absolute Gasteiger partial charge is 0.458 e. The number of aliphatic hydroxyl groups excluding tert-OH is 2. The predicted molar refractivity (Wildman–Crippen MR) is 128 cm³/mol. The van der Waals surface area contributed by atoms with Gasteiger partial charge >= 0.3 is 5.97 Å². The van der Waals surface area contributed by atoms with Crippen LogP contribution in [-0.4, -0.2) is 58.5 Å². The van der Waals surface area contributed by atoms with E-state index in [1.807, 2.05) is 30.3 Å². The van der Waals surface area contributed by atoms with Gasteiger partial charge in [-0.15, -0.1) is 0 Å². The van der Waals surface area contributed by atoms with Crippen molar-refractivity contribution in [2.45, 2.75) is 70.3 Å². The van der Waals surface area contributed by atoms with Gasteiger partial charge in [-0.25, -0.2) is 4.79 Å². The number of aliphatic hydroxyl groups is 2. The molecule has 2 spiro atoms. The number of carbonyl (C=O) groups excluding carboxylic acids is 1. The molecule has 5 saturated carbocycles. The highest BCUT2D eigenvalue weighted by atomic mass is 16.5. The molecule has 5 nitrogen and oxygen atoms in total. The van der Waals surface area contributed by atoms with E-state index in [4.69, 9.17) is 4.74 Å². The van der Waals surface area contributed by atoms with Crippen LogP contribution in [0.25, 0.3) is 0 Å². The second kappa shape index (κ2) is 6.74. The number of fused-ring (bicyclic) bond motifs is 1. The average molecular weight is 464 g/mol. The van der Waals surface area contributed by atoms with Crippen LogP contribution in [0.1, 0.15) is 56.3 Å². The normalized spacial score (nSPS) is 52.5. The molecule has 0 radical (unpaired) electrons. The van der Waals surface area contributed by atoms with Gasteiger partial charge < -0.3 is 14.9 Å². The van der Waals surface area contributed by atoms with Crippen LogP contribution in [0.5, 0.6) is 0 Å². The Morgan fingerprint density at radius 2 is 1.97 bits per heavy atom. The van der Waals surface area contributed by atoms with Crippen LogP contribution in [0.15, 0.2) is 42.5 Å². The molecule has 11 unspecified atom stereocenters. The van der Waals surface area contributed by atoms with E-state index in [-0.39, 0.29) is 40.2 Å². The van der Waals surface area contributed by atoms with Crippen LogP contribution in [0.2, 0.25) is 0 Å². The molecule has 0 amide bonds. The van der Waals surface area contributed by atoms with E-state index < -0.39 is 12.2 Å². The standard InChI is InChI=1S/C29H37NO4/c1-4-30-15-27(3)11-10-23(34-26(33)17-8-6-5-7-9-17)29-21(27)12-19(24(29)30)28-14-18(16(2)25(28)32)20(31)13-22(28)29/h5-9,18-25,31-32H,2,4,10-15H2,1,3H3. The molecule has 2 N–H and O–H groups in total. The molecule has 1 aromatic carbocycles. The van der Waals surface area contributed by atoms with Crippen molar-refractivity contribution in [3.63, 3.8) is 0 Å². The van der Waals surface area contributed by atoms with Crippen molar-refractivity contribution >= 4 is 5.97 Å². The lowest BCUT2D eigenvalue weighted by Crippen LogP contribution is -2.69. The Hall–Kier alpha value is -1.69. The topological polar surface area (TPSA) is 70.0 Å². The Morgan fingerprint density at radius 3 is 2.71 bits per heavy atom. The minimum atomic E-state index is -0.567.